The minimum Gasteiger partial charge on any atom is -0.346 e. The summed E-state index contributed by atoms with van der Waals surface area (Å²) in [7, 11) is -10.1. The van der Waals surface area contributed by atoms with Crippen molar-refractivity contribution in [1.82, 2.24) is 9.97 Å². The second-order valence-corrected chi connectivity index (χ2v) is 8.25. The smallest absolute Gasteiger partial charge is 0.346 e. The highest BCUT2D eigenvalue weighted by Crippen LogP contribution is 2.59. The third-order valence-electron chi connectivity index (χ3n) is 2.16. The van der Waals surface area contributed by atoms with Crippen molar-refractivity contribution in [3.8, 4) is 0 Å². The molecular formula is C7H9N3O6P2S. The van der Waals surface area contributed by atoms with Gasteiger partial charge in [0.1, 0.15) is 17.0 Å². The molecule has 12 heteroatoms. The van der Waals surface area contributed by atoms with E-state index >= 15 is 0 Å². The zero-order valence-electron chi connectivity index (χ0n) is 9.11. The molecule has 0 amide bonds. The maximum Gasteiger partial charge on any atom is 0.360 e. The molecule has 0 unspecified atom stereocenters. The van der Waals surface area contributed by atoms with Crippen molar-refractivity contribution in [3.05, 3.63) is 17.8 Å². The maximum absolute atomic E-state index is 11.2. The molecular weight excluding hydrogens is 316 g/mol. The van der Waals surface area contributed by atoms with Crippen molar-refractivity contribution >= 4 is 42.6 Å². The molecule has 0 aliphatic rings. The number of hydrogen-bond donors (Lipinski definition) is 5. The second-order valence-electron chi connectivity index (χ2n) is 3.56. The van der Waals surface area contributed by atoms with E-state index in [-0.39, 0.29) is 5.82 Å². The van der Waals surface area contributed by atoms with Crippen LogP contribution in [0, 0.1) is 0 Å². The zero-order chi connectivity index (χ0) is 14.3. The third kappa shape index (κ3) is 3.18. The molecule has 2 aromatic rings. The van der Waals surface area contributed by atoms with Crippen molar-refractivity contribution in [2.24, 2.45) is 0 Å². The third-order valence-corrected chi connectivity index (χ3v) is 6.32. The lowest BCUT2D eigenvalue weighted by Gasteiger charge is -2.21. The molecule has 0 spiro atoms. The SMILES string of the molecule is O=P(O)(O)C(Nc1ncnc2sccc12)P(=O)(O)O. The Morgan fingerprint density at radius 3 is 2.37 bits per heavy atom. The zero-order valence-corrected chi connectivity index (χ0v) is 11.7. The molecule has 0 atom stereocenters. The standard InChI is InChI=1S/C7H9N3O6P2S/c11-17(12,13)7(18(14,15)16)10-5-4-1-2-19-6(4)9-3-8-5/h1-3,7H,(H,8,9,10)(H2,11,12,13)(H2,14,15,16). The first-order valence-corrected chi connectivity index (χ1v) is 8.99. The summed E-state index contributed by atoms with van der Waals surface area (Å²) >= 11 is 1.26. The van der Waals surface area contributed by atoms with Gasteiger partial charge in [-0.05, 0) is 11.4 Å². The molecule has 2 rings (SSSR count). The first kappa shape index (κ1) is 14.5. The number of anilines is 1. The summed E-state index contributed by atoms with van der Waals surface area (Å²) in [6, 6.07) is 1.58. The van der Waals surface area contributed by atoms with E-state index in [9.17, 15) is 9.13 Å². The summed E-state index contributed by atoms with van der Waals surface area (Å²) < 4.78 is 22.3. The van der Waals surface area contributed by atoms with Crippen molar-refractivity contribution in [2.75, 3.05) is 5.32 Å². The number of fused-ring (bicyclic) bond motifs is 1. The number of nitrogens with zero attached hydrogens (tertiary/aromatic N) is 2. The van der Waals surface area contributed by atoms with Crippen LogP contribution in [0.25, 0.3) is 10.2 Å². The second kappa shape index (κ2) is 4.92. The first-order valence-electron chi connectivity index (χ1n) is 4.75. The fourth-order valence-electron chi connectivity index (χ4n) is 1.39. The molecule has 2 aromatic heterocycles. The van der Waals surface area contributed by atoms with Gasteiger partial charge in [0, 0.05) is 0 Å². The molecule has 0 bridgehead atoms. The predicted octanol–water partition coefficient (Wildman–Crippen LogP) is 0.742. The number of aromatic nitrogens is 2. The van der Waals surface area contributed by atoms with Crippen LogP contribution in [0.5, 0.6) is 0 Å². The van der Waals surface area contributed by atoms with Crippen molar-refractivity contribution in [3.63, 3.8) is 0 Å². The van der Waals surface area contributed by atoms with Gasteiger partial charge in [-0.1, -0.05) is 0 Å². The molecule has 19 heavy (non-hydrogen) atoms. The Morgan fingerprint density at radius 1 is 1.16 bits per heavy atom. The summed E-state index contributed by atoms with van der Waals surface area (Å²) in [5, 5.41) is 4.22. The van der Waals surface area contributed by atoms with Gasteiger partial charge in [-0.2, -0.15) is 0 Å². The molecule has 5 N–H and O–H groups in total. The van der Waals surface area contributed by atoms with Crippen LogP contribution in [-0.2, 0) is 9.13 Å². The summed E-state index contributed by atoms with van der Waals surface area (Å²) in [5.74, 6) is -0.0390. The van der Waals surface area contributed by atoms with E-state index in [1.165, 1.54) is 11.3 Å². The van der Waals surface area contributed by atoms with Gasteiger partial charge >= 0.3 is 15.2 Å². The minimum absolute atomic E-state index is 0.0390. The summed E-state index contributed by atoms with van der Waals surface area (Å²) in [5.41, 5.74) is -2.34. The fraction of sp³-hybridized carbons (Fsp3) is 0.143. The molecule has 0 radical (unpaired) electrons. The van der Waals surface area contributed by atoms with E-state index in [4.69, 9.17) is 19.6 Å². The summed E-state index contributed by atoms with van der Waals surface area (Å²) in [6.45, 7) is 0. The van der Waals surface area contributed by atoms with E-state index in [0.717, 1.165) is 6.33 Å². The number of hydrogen-bond acceptors (Lipinski definition) is 6. The molecule has 0 saturated heterocycles. The Morgan fingerprint density at radius 2 is 1.79 bits per heavy atom. The van der Waals surface area contributed by atoms with Gasteiger partial charge in [0.15, 0.2) is 0 Å². The highest BCUT2D eigenvalue weighted by molar-refractivity contribution is 7.71. The highest BCUT2D eigenvalue weighted by atomic mass is 32.1. The van der Waals surface area contributed by atoms with Crippen LogP contribution in [-0.4, -0.2) is 35.1 Å². The van der Waals surface area contributed by atoms with E-state index in [1.54, 1.807) is 11.4 Å². The molecule has 9 nitrogen and oxygen atoms in total. The monoisotopic (exact) mass is 325 g/mol. The topological polar surface area (TPSA) is 153 Å². The van der Waals surface area contributed by atoms with E-state index < -0.39 is 20.7 Å². The van der Waals surface area contributed by atoms with E-state index in [1.807, 2.05) is 0 Å². The summed E-state index contributed by atoms with van der Waals surface area (Å²) in [6.07, 6.45) is 1.14. The van der Waals surface area contributed by atoms with Crippen LogP contribution >= 0.6 is 26.5 Å². The van der Waals surface area contributed by atoms with Crippen LogP contribution in [0.1, 0.15) is 0 Å². The van der Waals surface area contributed by atoms with Gasteiger partial charge in [-0.25, -0.2) is 9.97 Å². The van der Waals surface area contributed by atoms with Crippen molar-refractivity contribution in [2.45, 2.75) is 5.52 Å². The van der Waals surface area contributed by atoms with E-state index in [2.05, 4.69) is 15.3 Å². The lowest BCUT2D eigenvalue weighted by Crippen LogP contribution is -2.20. The Bertz CT molecular complexity index is 671. The Balaban J connectivity index is 2.45. The lowest BCUT2D eigenvalue weighted by molar-refractivity contribution is 0.343. The normalized spacial score (nSPS) is 13.1. The van der Waals surface area contributed by atoms with Gasteiger partial charge in [0.05, 0.1) is 5.39 Å². The molecule has 0 saturated carbocycles. The minimum atomic E-state index is -5.05. The molecule has 2 heterocycles. The van der Waals surface area contributed by atoms with Gasteiger partial charge in [0.25, 0.3) is 0 Å². The van der Waals surface area contributed by atoms with Crippen LogP contribution < -0.4 is 5.32 Å². The lowest BCUT2D eigenvalue weighted by atomic mass is 10.4. The van der Waals surface area contributed by atoms with Gasteiger partial charge in [-0.3, -0.25) is 9.13 Å². The Kier molecular flexibility index (Phi) is 3.76. The summed E-state index contributed by atoms with van der Waals surface area (Å²) in [4.78, 5) is 44.2. The molecule has 104 valence electrons. The number of rotatable bonds is 4. The number of thiophene rings is 1. The number of nitrogens with one attached hydrogen (secondary N) is 1. The first-order chi connectivity index (χ1) is 8.69. The molecule has 0 fully saturated rings. The van der Waals surface area contributed by atoms with Crippen LogP contribution in [0.3, 0.4) is 0 Å². The highest BCUT2D eigenvalue weighted by Gasteiger charge is 2.44. The average molecular weight is 325 g/mol. The largest absolute Gasteiger partial charge is 0.360 e. The van der Waals surface area contributed by atoms with Crippen LogP contribution in [0.4, 0.5) is 5.82 Å². The molecule has 0 aliphatic carbocycles. The molecule has 0 aromatic carbocycles. The van der Waals surface area contributed by atoms with Gasteiger partial charge < -0.3 is 24.9 Å². The fourth-order valence-corrected chi connectivity index (χ4v) is 4.27. The van der Waals surface area contributed by atoms with Crippen LogP contribution in [0.2, 0.25) is 0 Å². The van der Waals surface area contributed by atoms with E-state index in [0.29, 0.717) is 10.2 Å². The van der Waals surface area contributed by atoms with Crippen molar-refractivity contribution < 1.29 is 28.7 Å². The Labute approximate surface area is 110 Å². The van der Waals surface area contributed by atoms with Gasteiger partial charge in [-0.15, -0.1) is 11.3 Å². The Hall–Kier alpha value is -0.860. The quantitative estimate of drug-likeness (QED) is 0.512. The average Bonchev–Trinajstić information content (AvgIpc) is 2.70. The van der Waals surface area contributed by atoms with Crippen molar-refractivity contribution in [1.29, 1.82) is 0 Å². The maximum atomic E-state index is 11.2. The molecule has 0 aliphatic heterocycles. The van der Waals surface area contributed by atoms with Gasteiger partial charge in [0.2, 0.25) is 5.52 Å². The predicted molar refractivity (Wildman–Crippen MR) is 68.9 cm³/mol. The van der Waals surface area contributed by atoms with Crippen LogP contribution in [0.15, 0.2) is 17.8 Å².